The zero-order valence-electron chi connectivity index (χ0n) is 17.5. The van der Waals surface area contributed by atoms with Gasteiger partial charge in [-0.25, -0.2) is 8.42 Å². The number of benzene rings is 2. The molecule has 2 aromatic carbocycles. The summed E-state index contributed by atoms with van der Waals surface area (Å²) in [6, 6.07) is 13.9. The van der Waals surface area contributed by atoms with E-state index in [1.807, 2.05) is 0 Å². The summed E-state index contributed by atoms with van der Waals surface area (Å²) in [6.07, 6.45) is 1.17. The van der Waals surface area contributed by atoms with Crippen LogP contribution in [0.4, 0.5) is 11.4 Å². The van der Waals surface area contributed by atoms with Gasteiger partial charge in [0.05, 0.1) is 19.9 Å². The minimum atomic E-state index is -3.22. The molecule has 166 valence electrons. The molecule has 0 radical (unpaired) electrons. The summed E-state index contributed by atoms with van der Waals surface area (Å²) in [6.45, 7) is 1.46. The molecule has 2 N–H and O–H groups in total. The molecule has 0 spiro atoms. The van der Waals surface area contributed by atoms with Crippen molar-refractivity contribution in [3.63, 3.8) is 0 Å². The lowest BCUT2D eigenvalue weighted by atomic mass is 10.2. The number of nitrogens with zero attached hydrogens (tertiary/aromatic N) is 2. The third kappa shape index (κ3) is 6.19. The fourth-order valence-electron chi connectivity index (χ4n) is 3.18. The number of nitrogens with one attached hydrogen (secondary N) is 2. The number of piperazine rings is 1. The lowest BCUT2D eigenvalue weighted by Crippen LogP contribution is -2.51. The summed E-state index contributed by atoms with van der Waals surface area (Å²) in [7, 11) is -1.64. The molecule has 10 heteroatoms. The Morgan fingerprint density at radius 3 is 2.06 bits per heavy atom. The van der Waals surface area contributed by atoms with Crippen LogP contribution in [0.15, 0.2) is 48.5 Å². The number of carbonyl (C=O) groups is 2. The number of ether oxygens (including phenoxy) is 1. The van der Waals surface area contributed by atoms with Crippen LogP contribution in [0.25, 0.3) is 0 Å². The summed E-state index contributed by atoms with van der Waals surface area (Å²) in [5, 5.41) is 5.86. The van der Waals surface area contributed by atoms with Crippen molar-refractivity contribution in [2.45, 2.75) is 0 Å². The molecule has 2 aromatic rings. The molecule has 1 aliphatic heterocycles. The van der Waals surface area contributed by atoms with Gasteiger partial charge in [-0.05, 0) is 48.5 Å². The lowest BCUT2D eigenvalue weighted by molar-refractivity contribution is -0.130. The quantitative estimate of drug-likeness (QED) is 0.667. The van der Waals surface area contributed by atoms with Crippen LogP contribution in [0, 0.1) is 0 Å². The Morgan fingerprint density at radius 2 is 1.52 bits per heavy atom. The highest BCUT2D eigenvalue weighted by Gasteiger charge is 2.25. The number of rotatable bonds is 7. The van der Waals surface area contributed by atoms with Crippen LogP contribution in [0.5, 0.6) is 5.75 Å². The van der Waals surface area contributed by atoms with Gasteiger partial charge in [0.2, 0.25) is 15.9 Å². The van der Waals surface area contributed by atoms with E-state index in [4.69, 9.17) is 4.74 Å². The zero-order chi connectivity index (χ0) is 22.4. The van der Waals surface area contributed by atoms with Gasteiger partial charge in [-0.1, -0.05) is 0 Å². The van der Waals surface area contributed by atoms with Gasteiger partial charge < -0.3 is 20.3 Å². The van der Waals surface area contributed by atoms with Crippen LogP contribution in [-0.2, 0) is 14.8 Å². The average molecular weight is 447 g/mol. The summed E-state index contributed by atoms with van der Waals surface area (Å²) >= 11 is 0. The standard InChI is InChI=1S/C21H26N4O5S/c1-30-19-9-7-18(8-10-19)23-21(27)16-3-5-17(6-4-16)22-15-20(26)24-11-13-25(14-12-24)31(2,28)29/h3-10,22H,11-15H2,1-2H3,(H,23,27). The molecule has 0 atom stereocenters. The van der Waals surface area contributed by atoms with E-state index in [0.717, 1.165) is 0 Å². The minimum Gasteiger partial charge on any atom is -0.497 e. The molecule has 9 nitrogen and oxygen atoms in total. The SMILES string of the molecule is COc1ccc(NC(=O)c2ccc(NCC(=O)N3CCN(S(C)(=O)=O)CC3)cc2)cc1. The van der Waals surface area contributed by atoms with Crippen molar-refractivity contribution in [2.24, 2.45) is 0 Å². The maximum Gasteiger partial charge on any atom is 0.255 e. The Labute approximate surface area is 182 Å². The van der Waals surface area contributed by atoms with Gasteiger partial charge >= 0.3 is 0 Å². The monoisotopic (exact) mass is 446 g/mol. The largest absolute Gasteiger partial charge is 0.497 e. The first-order chi connectivity index (χ1) is 14.8. The number of hydrogen-bond donors (Lipinski definition) is 2. The number of amides is 2. The lowest BCUT2D eigenvalue weighted by Gasteiger charge is -2.33. The zero-order valence-corrected chi connectivity index (χ0v) is 18.3. The number of sulfonamides is 1. The fourth-order valence-corrected chi connectivity index (χ4v) is 4.00. The number of hydrogen-bond acceptors (Lipinski definition) is 6. The van der Waals surface area contributed by atoms with E-state index < -0.39 is 10.0 Å². The van der Waals surface area contributed by atoms with E-state index in [0.29, 0.717) is 48.9 Å². The van der Waals surface area contributed by atoms with Gasteiger partial charge in [0, 0.05) is 43.1 Å². The molecule has 1 heterocycles. The van der Waals surface area contributed by atoms with Crippen LogP contribution in [0.2, 0.25) is 0 Å². The van der Waals surface area contributed by atoms with Gasteiger partial charge in [-0.2, -0.15) is 4.31 Å². The maximum atomic E-state index is 12.4. The van der Waals surface area contributed by atoms with E-state index in [-0.39, 0.29) is 18.4 Å². The maximum absolute atomic E-state index is 12.4. The van der Waals surface area contributed by atoms with Crippen LogP contribution in [-0.4, -0.2) is 75.5 Å². The predicted molar refractivity (Wildman–Crippen MR) is 119 cm³/mol. The van der Waals surface area contributed by atoms with Crippen LogP contribution >= 0.6 is 0 Å². The van der Waals surface area contributed by atoms with Crippen LogP contribution in [0.3, 0.4) is 0 Å². The summed E-state index contributed by atoms with van der Waals surface area (Å²) < 4.78 is 29.6. The molecular weight excluding hydrogens is 420 g/mol. The van der Waals surface area contributed by atoms with E-state index in [9.17, 15) is 18.0 Å². The first-order valence-corrected chi connectivity index (χ1v) is 11.6. The molecule has 2 amide bonds. The Morgan fingerprint density at radius 1 is 0.935 bits per heavy atom. The fraction of sp³-hybridized carbons (Fsp3) is 0.333. The van der Waals surface area contributed by atoms with Gasteiger partial charge in [-0.3, -0.25) is 9.59 Å². The van der Waals surface area contributed by atoms with E-state index in [2.05, 4.69) is 10.6 Å². The normalized spacial score (nSPS) is 14.7. The third-order valence-electron chi connectivity index (χ3n) is 5.00. The van der Waals surface area contributed by atoms with Crippen molar-refractivity contribution in [3.8, 4) is 5.75 Å². The van der Waals surface area contributed by atoms with E-state index in [1.54, 1.807) is 60.5 Å². The van der Waals surface area contributed by atoms with E-state index in [1.165, 1.54) is 10.6 Å². The molecule has 1 saturated heterocycles. The Bertz CT molecular complexity index is 1010. The second-order valence-corrected chi connectivity index (χ2v) is 9.14. The summed E-state index contributed by atoms with van der Waals surface area (Å²) in [5.41, 5.74) is 1.86. The number of carbonyl (C=O) groups excluding carboxylic acids is 2. The summed E-state index contributed by atoms with van der Waals surface area (Å²) in [4.78, 5) is 26.4. The number of anilines is 2. The highest BCUT2D eigenvalue weighted by Crippen LogP contribution is 2.17. The predicted octanol–water partition coefficient (Wildman–Crippen LogP) is 1.46. The minimum absolute atomic E-state index is 0.0935. The third-order valence-corrected chi connectivity index (χ3v) is 6.30. The van der Waals surface area contributed by atoms with Crippen molar-refractivity contribution < 1.29 is 22.7 Å². The van der Waals surface area contributed by atoms with Crippen LogP contribution in [0.1, 0.15) is 10.4 Å². The smallest absolute Gasteiger partial charge is 0.255 e. The van der Waals surface area contributed by atoms with Crippen molar-refractivity contribution in [1.29, 1.82) is 0 Å². The molecule has 0 bridgehead atoms. The Hall–Kier alpha value is -3.11. The van der Waals surface area contributed by atoms with Gasteiger partial charge in [-0.15, -0.1) is 0 Å². The first kappa shape index (κ1) is 22.6. The second-order valence-electron chi connectivity index (χ2n) is 7.16. The first-order valence-electron chi connectivity index (χ1n) is 9.78. The van der Waals surface area contributed by atoms with Gasteiger partial charge in [0.1, 0.15) is 5.75 Å². The van der Waals surface area contributed by atoms with E-state index >= 15 is 0 Å². The number of methoxy groups -OCH3 is 1. The molecule has 0 saturated carbocycles. The van der Waals surface area contributed by atoms with Crippen LogP contribution < -0.4 is 15.4 Å². The molecular formula is C21H26N4O5S. The van der Waals surface area contributed by atoms with Gasteiger partial charge in [0.25, 0.3) is 5.91 Å². The molecule has 1 fully saturated rings. The molecule has 3 rings (SSSR count). The molecule has 0 aromatic heterocycles. The highest BCUT2D eigenvalue weighted by molar-refractivity contribution is 7.88. The Kier molecular flexibility index (Phi) is 7.13. The Balaban J connectivity index is 1.48. The average Bonchev–Trinajstić information content (AvgIpc) is 2.78. The molecule has 0 unspecified atom stereocenters. The van der Waals surface area contributed by atoms with Crippen molar-refractivity contribution in [1.82, 2.24) is 9.21 Å². The highest BCUT2D eigenvalue weighted by atomic mass is 32.2. The second kappa shape index (κ2) is 9.80. The van der Waals surface area contributed by atoms with Crippen molar-refractivity contribution >= 4 is 33.2 Å². The topological polar surface area (TPSA) is 108 Å². The summed E-state index contributed by atoms with van der Waals surface area (Å²) in [5.74, 6) is 0.367. The van der Waals surface area contributed by atoms with Gasteiger partial charge in [0.15, 0.2) is 0 Å². The van der Waals surface area contributed by atoms with Crippen molar-refractivity contribution in [3.05, 3.63) is 54.1 Å². The molecule has 0 aliphatic carbocycles. The van der Waals surface area contributed by atoms with Crippen molar-refractivity contribution in [2.75, 3.05) is 56.7 Å². The molecule has 31 heavy (non-hydrogen) atoms. The molecule has 1 aliphatic rings.